The first-order chi connectivity index (χ1) is 17.3. The van der Waals surface area contributed by atoms with Crippen LogP contribution in [0.25, 0.3) is 11.1 Å². The molecule has 1 aliphatic heterocycles. The number of rotatable bonds is 7. The van der Waals surface area contributed by atoms with E-state index in [0.717, 1.165) is 24.0 Å². The van der Waals surface area contributed by atoms with Gasteiger partial charge in [-0.1, -0.05) is 36.4 Å². The van der Waals surface area contributed by atoms with Gasteiger partial charge in [-0.3, -0.25) is 25.1 Å². The molecular formula is C26H29N3O7. The molecule has 2 aromatic carbocycles. The number of esters is 2. The molecule has 190 valence electrons. The number of hydrogen-bond acceptors (Lipinski definition) is 8. The number of alkyl carbamates (subject to hydrolysis) is 1. The molecule has 0 saturated carbocycles. The standard InChI is InChI=1S/C26H29N3O7/c1-17(30)35-16-36-26(33)28-24(27)21-7-3-19(4-8-21)20-5-9-22(10-6-20)25(32)29-13-11-18(12-14-29)15-23(31)34-2/h3-10,18H,11-16H2,1-2H3,(H2,27,28,33). The Morgan fingerprint density at radius 3 is 2.00 bits per heavy atom. The summed E-state index contributed by atoms with van der Waals surface area (Å²) in [5.74, 6) is -0.743. The zero-order valence-electron chi connectivity index (χ0n) is 20.2. The second-order valence-electron chi connectivity index (χ2n) is 8.36. The topological polar surface area (TPSA) is 135 Å². The Bertz CT molecular complexity index is 1110. The van der Waals surface area contributed by atoms with Crippen molar-refractivity contribution < 1.29 is 33.4 Å². The van der Waals surface area contributed by atoms with Crippen LogP contribution in [0.4, 0.5) is 4.79 Å². The molecule has 1 heterocycles. The normalized spacial score (nSPS) is 13.4. The molecular weight excluding hydrogens is 466 g/mol. The minimum atomic E-state index is -0.904. The van der Waals surface area contributed by atoms with Crippen LogP contribution in [0.3, 0.4) is 0 Å². The predicted octanol–water partition coefficient (Wildman–Crippen LogP) is 3.34. The first-order valence-electron chi connectivity index (χ1n) is 11.5. The Labute approximate surface area is 209 Å². The number of likely N-dealkylation sites (tertiary alicyclic amines) is 1. The fraction of sp³-hybridized carbons (Fsp3) is 0.346. The molecule has 0 radical (unpaired) electrons. The summed E-state index contributed by atoms with van der Waals surface area (Å²) in [6.45, 7) is 1.89. The summed E-state index contributed by atoms with van der Waals surface area (Å²) in [6, 6.07) is 14.3. The molecule has 10 heteroatoms. The molecule has 2 N–H and O–H groups in total. The lowest BCUT2D eigenvalue weighted by Gasteiger charge is -2.31. The van der Waals surface area contributed by atoms with Gasteiger partial charge < -0.3 is 19.1 Å². The lowest BCUT2D eigenvalue weighted by atomic mass is 9.93. The van der Waals surface area contributed by atoms with Gasteiger partial charge >= 0.3 is 18.0 Å². The fourth-order valence-corrected chi connectivity index (χ4v) is 3.85. The second-order valence-corrected chi connectivity index (χ2v) is 8.36. The summed E-state index contributed by atoms with van der Waals surface area (Å²) in [5, 5.41) is 10.3. The van der Waals surface area contributed by atoms with Gasteiger partial charge in [-0.05, 0) is 42.0 Å². The Hall–Kier alpha value is -4.21. The third-order valence-electron chi connectivity index (χ3n) is 5.90. The van der Waals surface area contributed by atoms with Gasteiger partial charge in [0.15, 0.2) is 0 Å². The number of ether oxygens (including phenoxy) is 3. The molecule has 0 spiro atoms. The number of nitrogens with one attached hydrogen (secondary N) is 2. The van der Waals surface area contributed by atoms with E-state index in [0.29, 0.717) is 30.6 Å². The fourth-order valence-electron chi connectivity index (χ4n) is 3.85. The van der Waals surface area contributed by atoms with Crippen LogP contribution in [0.5, 0.6) is 0 Å². The number of carbonyl (C=O) groups is 4. The van der Waals surface area contributed by atoms with Crippen LogP contribution in [0, 0.1) is 11.3 Å². The number of nitrogens with zero attached hydrogens (tertiary/aromatic N) is 1. The summed E-state index contributed by atoms with van der Waals surface area (Å²) in [6.07, 6.45) is 1.04. The molecule has 0 aliphatic carbocycles. The quantitative estimate of drug-likeness (QED) is 0.260. The van der Waals surface area contributed by atoms with Crippen molar-refractivity contribution in [1.82, 2.24) is 10.2 Å². The molecule has 0 bridgehead atoms. The van der Waals surface area contributed by atoms with E-state index < -0.39 is 18.9 Å². The molecule has 1 aliphatic rings. The third kappa shape index (κ3) is 7.39. The highest BCUT2D eigenvalue weighted by molar-refractivity contribution is 6.04. The SMILES string of the molecule is COC(=O)CC1CCN(C(=O)c2ccc(-c3ccc(C(=N)NC(=O)OCOC(C)=O)cc3)cc2)CC1. The van der Waals surface area contributed by atoms with Crippen molar-refractivity contribution in [2.75, 3.05) is 27.0 Å². The summed E-state index contributed by atoms with van der Waals surface area (Å²) in [4.78, 5) is 48.5. The molecule has 0 unspecified atom stereocenters. The van der Waals surface area contributed by atoms with Gasteiger partial charge in [-0.15, -0.1) is 0 Å². The smallest absolute Gasteiger partial charge is 0.415 e. The van der Waals surface area contributed by atoms with Crippen LogP contribution in [0.15, 0.2) is 48.5 Å². The van der Waals surface area contributed by atoms with Crippen molar-refractivity contribution in [2.45, 2.75) is 26.2 Å². The van der Waals surface area contributed by atoms with Crippen LogP contribution >= 0.6 is 0 Å². The summed E-state index contributed by atoms with van der Waals surface area (Å²) < 4.78 is 13.9. The molecule has 1 saturated heterocycles. The highest BCUT2D eigenvalue weighted by Gasteiger charge is 2.25. The predicted molar refractivity (Wildman–Crippen MR) is 130 cm³/mol. The van der Waals surface area contributed by atoms with Crippen LogP contribution < -0.4 is 5.32 Å². The second kappa shape index (κ2) is 12.5. The van der Waals surface area contributed by atoms with Crippen LogP contribution in [-0.2, 0) is 23.8 Å². The monoisotopic (exact) mass is 495 g/mol. The zero-order chi connectivity index (χ0) is 26.1. The summed E-state index contributed by atoms with van der Waals surface area (Å²) >= 11 is 0. The highest BCUT2D eigenvalue weighted by Crippen LogP contribution is 2.24. The van der Waals surface area contributed by atoms with Crippen LogP contribution in [0.1, 0.15) is 42.1 Å². The van der Waals surface area contributed by atoms with Gasteiger partial charge in [0.05, 0.1) is 7.11 Å². The Morgan fingerprint density at radius 2 is 1.47 bits per heavy atom. The Morgan fingerprint density at radius 1 is 0.917 bits per heavy atom. The highest BCUT2D eigenvalue weighted by atomic mass is 16.7. The Balaban J connectivity index is 1.53. The van der Waals surface area contributed by atoms with E-state index in [9.17, 15) is 19.2 Å². The van der Waals surface area contributed by atoms with Gasteiger partial charge in [0.1, 0.15) is 5.84 Å². The first kappa shape index (κ1) is 26.4. The maximum atomic E-state index is 12.9. The number of methoxy groups -OCH3 is 1. The van der Waals surface area contributed by atoms with Crippen molar-refractivity contribution in [3.63, 3.8) is 0 Å². The molecule has 36 heavy (non-hydrogen) atoms. The molecule has 2 amide bonds. The minimum Gasteiger partial charge on any atom is -0.469 e. The van der Waals surface area contributed by atoms with E-state index in [1.54, 1.807) is 36.4 Å². The van der Waals surface area contributed by atoms with Crippen molar-refractivity contribution in [2.24, 2.45) is 5.92 Å². The molecule has 0 aromatic heterocycles. The average molecular weight is 496 g/mol. The molecule has 10 nitrogen and oxygen atoms in total. The molecule has 2 aromatic rings. The van der Waals surface area contributed by atoms with Crippen LogP contribution in [0.2, 0.25) is 0 Å². The van der Waals surface area contributed by atoms with Crippen molar-refractivity contribution in [3.05, 3.63) is 59.7 Å². The number of amides is 2. The molecule has 1 fully saturated rings. The van der Waals surface area contributed by atoms with E-state index in [1.807, 2.05) is 17.0 Å². The third-order valence-corrected chi connectivity index (χ3v) is 5.90. The molecule has 3 rings (SSSR count). The van der Waals surface area contributed by atoms with E-state index in [-0.39, 0.29) is 23.6 Å². The van der Waals surface area contributed by atoms with Gasteiger partial charge in [-0.25, -0.2) is 4.79 Å². The maximum absolute atomic E-state index is 12.9. The maximum Gasteiger partial charge on any atom is 0.415 e. The van der Waals surface area contributed by atoms with Gasteiger partial charge in [0.2, 0.25) is 6.79 Å². The van der Waals surface area contributed by atoms with Gasteiger partial charge in [-0.2, -0.15) is 0 Å². The number of carbonyl (C=O) groups excluding carboxylic acids is 4. The lowest BCUT2D eigenvalue weighted by Crippen LogP contribution is -2.38. The number of benzene rings is 2. The first-order valence-corrected chi connectivity index (χ1v) is 11.5. The summed E-state index contributed by atoms with van der Waals surface area (Å²) in [7, 11) is 1.39. The van der Waals surface area contributed by atoms with Crippen molar-refractivity contribution >= 4 is 29.8 Å². The van der Waals surface area contributed by atoms with E-state index >= 15 is 0 Å². The largest absolute Gasteiger partial charge is 0.469 e. The van der Waals surface area contributed by atoms with Crippen molar-refractivity contribution in [3.8, 4) is 11.1 Å². The number of amidine groups is 1. The van der Waals surface area contributed by atoms with E-state index in [2.05, 4.69) is 14.8 Å². The average Bonchev–Trinajstić information content (AvgIpc) is 2.88. The van der Waals surface area contributed by atoms with E-state index in [4.69, 9.17) is 10.1 Å². The van der Waals surface area contributed by atoms with Crippen LogP contribution in [-0.4, -0.2) is 61.7 Å². The number of hydrogen-bond donors (Lipinski definition) is 2. The van der Waals surface area contributed by atoms with Gasteiger partial charge in [0.25, 0.3) is 5.91 Å². The lowest BCUT2D eigenvalue weighted by molar-refractivity contribution is -0.149. The zero-order valence-corrected chi connectivity index (χ0v) is 20.2. The Kier molecular flexibility index (Phi) is 9.15. The van der Waals surface area contributed by atoms with E-state index in [1.165, 1.54) is 14.0 Å². The van der Waals surface area contributed by atoms with Crippen molar-refractivity contribution in [1.29, 1.82) is 5.41 Å². The minimum absolute atomic E-state index is 0.0338. The number of piperidine rings is 1. The van der Waals surface area contributed by atoms with Gasteiger partial charge in [0, 0.05) is 37.6 Å². The summed E-state index contributed by atoms with van der Waals surface area (Å²) in [5.41, 5.74) is 2.84. The molecule has 0 atom stereocenters.